The predicted octanol–water partition coefficient (Wildman–Crippen LogP) is 1.85. The molecule has 0 radical (unpaired) electrons. The van der Waals surface area contributed by atoms with Gasteiger partial charge in [-0.1, -0.05) is 23.7 Å². The van der Waals surface area contributed by atoms with Gasteiger partial charge in [0.05, 0.1) is 29.1 Å². The van der Waals surface area contributed by atoms with E-state index in [1.165, 1.54) is 0 Å². The Labute approximate surface area is 153 Å². The summed E-state index contributed by atoms with van der Waals surface area (Å²) in [5, 5.41) is 17.7. The third-order valence-electron chi connectivity index (χ3n) is 3.89. The Bertz CT molecular complexity index is 743. The lowest BCUT2D eigenvalue weighted by Crippen LogP contribution is -2.37. The monoisotopic (exact) mass is 364 g/mol. The van der Waals surface area contributed by atoms with Crippen LogP contribution in [0.15, 0.2) is 24.3 Å². The molecule has 7 heteroatoms. The van der Waals surface area contributed by atoms with Crippen molar-refractivity contribution >= 4 is 17.5 Å². The van der Waals surface area contributed by atoms with Crippen LogP contribution in [0.2, 0.25) is 5.02 Å². The molecule has 1 aromatic carbocycles. The highest BCUT2D eigenvalue weighted by atomic mass is 35.5. The molecule has 0 aliphatic carbocycles. The number of aromatic nitrogens is 2. The van der Waals surface area contributed by atoms with Crippen LogP contribution in [0.3, 0.4) is 0 Å². The van der Waals surface area contributed by atoms with Crippen molar-refractivity contribution in [2.75, 3.05) is 27.2 Å². The molecule has 0 saturated carbocycles. The summed E-state index contributed by atoms with van der Waals surface area (Å²) >= 11 is 6.18. The fourth-order valence-corrected chi connectivity index (χ4v) is 2.75. The summed E-state index contributed by atoms with van der Waals surface area (Å²) in [7, 11) is 3.75. The van der Waals surface area contributed by atoms with Crippen molar-refractivity contribution in [1.29, 1.82) is 0 Å². The van der Waals surface area contributed by atoms with Crippen molar-refractivity contribution < 1.29 is 9.90 Å². The predicted molar refractivity (Wildman–Crippen MR) is 99.1 cm³/mol. The van der Waals surface area contributed by atoms with Gasteiger partial charge in [-0.05, 0) is 45.6 Å². The van der Waals surface area contributed by atoms with Gasteiger partial charge in [-0.25, -0.2) is 0 Å². The molecule has 0 saturated heterocycles. The van der Waals surface area contributed by atoms with Crippen molar-refractivity contribution in [3.8, 4) is 0 Å². The minimum atomic E-state index is -0.598. The number of carbonyl (C=O) groups excluding carboxylic acids is 1. The fourth-order valence-electron chi connectivity index (χ4n) is 2.61. The normalized spacial score (nSPS) is 12.4. The van der Waals surface area contributed by atoms with E-state index >= 15 is 0 Å². The van der Waals surface area contributed by atoms with Gasteiger partial charge < -0.3 is 15.3 Å². The molecule has 0 fully saturated rings. The van der Waals surface area contributed by atoms with E-state index in [-0.39, 0.29) is 12.5 Å². The van der Waals surface area contributed by atoms with Gasteiger partial charge in [0.2, 0.25) is 0 Å². The highest BCUT2D eigenvalue weighted by molar-refractivity contribution is 6.31. The zero-order valence-electron chi connectivity index (χ0n) is 15.1. The maximum Gasteiger partial charge on any atom is 0.251 e. The standard InChI is InChI=1S/C18H25ClN4O2/c1-12-17(19)13(2)23(21-12)10-14-6-5-7-15(8-14)18(25)20-9-16(24)11-22(3)4/h5-8,16,24H,9-11H2,1-4H3,(H,20,25). The second-order valence-corrected chi connectivity index (χ2v) is 6.85. The van der Waals surface area contributed by atoms with Gasteiger partial charge in [0.1, 0.15) is 0 Å². The zero-order valence-corrected chi connectivity index (χ0v) is 15.8. The maximum atomic E-state index is 12.3. The van der Waals surface area contributed by atoms with E-state index < -0.39 is 6.10 Å². The Morgan fingerprint density at radius 3 is 2.72 bits per heavy atom. The summed E-state index contributed by atoms with van der Waals surface area (Å²) in [6, 6.07) is 7.37. The quantitative estimate of drug-likeness (QED) is 0.786. The van der Waals surface area contributed by atoms with Crippen LogP contribution in [-0.2, 0) is 6.54 Å². The largest absolute Gasteiger partial charge is 0.390 e. The van der Waals surface area contributed by atoms with Gasteiger partial charge in [0, 0.05) is 18.7 Å². The number of benzene rings is 1. The van der Waals surface area contributed by atoms with Crippen LogP contribution >= 0.6 is 11.6 Å². The summed E-state index contributed by atoms with van der Waals surface area (Å²) in [5.41, 5.74) is 3.22. The molecule has 136 valence electrons. The van der Waals surface area contributed by atoms with Gasteiger partial charge in [-0.15, -0.1) is 0 Å². The molecule has 0 spiro atoms. The van der Waals surface area contributed by atoms with Gasteiger partial charge >= 0.3 is 0 Å². The molecule has 25 heavy (non-hydrogen) atoms. The van der Waals surface area contributed by atoms with Crippen LogP contribution < -0.4 is 5.32 Å². The maximum absolute atomic E-state index is 12.3. The number of aliphatic hydroxyl groups excluding tert-OH is 1. The number of aryl methyl sites for hydroxylation is 1. The highest BCUT2D eigenvalue weighted by Gasteiger charge is 2.12. The third-order valence-corrected chi connectivity index (χ3v) is 4.44. The number of nitrogens with one attached hydrogen (secondary N) is 1. The van der Waals surface area contributed by atoms with E-state index in [0.29, 0.717) is 23.7 Å². The number of halogens is 1. The van der Waals surface area contributed by atoms with Crippen molar-refractivity contribution in [2.45, 2.75) is 26.5 Å². The van der Waals surface area contributed by atoms with Gasteiger partial charge in [-0.2, -0.15) is 5.10 Å². The summed E-state index contributed by atoms with van der Waals surface area (Å²) in [5.74, 6) is -0.203. The van der Waals surface area contributed by atoms with Crippen molar-refractivity contribution in [3.05, 3.63) is 51.8 Å². The average molecular weight is 365 g/mol. The summed E-state index contributed by atoms with van der Waals surface area (Å²) < 4.78 is 1.83. The topological polar surface area (TPSA) is 70.4 Å². The lowest BCUT2D eigenvalue weighted by molar-refractivity contribution is 0.0892. The van der Waals surface area contributed by atoms with Crippen LogP contribution in [0.25, 0.3) is 0 Å². The first kappa shape index (κ1) is 19.4. The van der Waals surface area contributed by atoms with Crippen molar-refractivity contribution in [3.63, 3.8) is 0 Å². The molecule has 6 nitrogen and oxygen atoms in total. The molecule has 2 rings (SSSR count). The minimum Gasteiger partial charge on any atom is -0.390 e. The summed E-state index contributed by atoms with van der Waals surface area (Å²) in [6.07, 6.45) is -0.598. The first-order valence-electron chi connectivity index (χ1n) is 8.17. The molecule has 1 amide bonds. The lowest BCUT2D eigenvalue weighted by Gasteiger charge is -2.16. The number of nitrogens with zero attached hydrogens (tertiary/aromatic N) is 3. The van der Waals surface area contributed by atoms with E-state index in [9.17, 15) is 9.90 Å². The van der Waals surface area contributed by atoms with Crippen LogP contribution in [0.4, 0.5) is 0 Å². The molecular weight excluding hydrogens is 340 g/mol. The Kier molecular flexibility index (Phi) is 6.58. The number of hydrogen-bond acceptors (Lipinski definition) is 4. The Hall–Kier alpha value is -1.89. The minimum absolute atomic E-state index is 0.203. The van der Waals surface area contributed by atoms with E-state index in [4.69, 9.17) is 11.6 Å². The fraction of sp³-hybridized carbons (Fsp3) is 0.444. The number of hydrogen-bond donors (Lipinski definition) is 2. The molecule has 0 bridgehead atoms. The molecule has 0 aliphatic heterocycles. The second kappa shape index (κ2) is 8.47. The molecule has 2 N–H and O–H groups in total. The third kappa shape index (κ3) is 5.29. The lowest BCUT2D eigenvalue weighted by atomic mass is 10.1. The first-order valence-corrected chi connectivity index (χ1v) is 8.55. The van der Waals surface area contributed by atoms with Crippen LogP contribution in [0.5, 0.6) is 0 Å². The molecule has 1 aromatic heterocycles. The van der Waals surface area contributed by atoms with Crippen LogP contribution in [-0.4, -0.2) is 59.0 Å². The summed E-state index contributed by atoms with van der Waals surface area (Å²) in [4.78, 5) is 14.2. The number of likely N-dealkylation sites (N-methyl/N-ethyl adjacent to an activating group) is 1. The summed E-state index contributed by atoms with van der Waals surface area (Å²) in [6.45, 7) is 5.05. The van der Waals surface area contributed by atoms with E-state index in [1.54, 1.807) is 6.07 Å². The highest BCUT2D eigenvalue weighted by Crippen LogP contribution is 2.20. The Morgan fingerprint density at radius 2 is 2.12 bits per heavy atom. The Balaban J connectivity index is 2.02. The average Bonchev–Trinajstić information content (AvgIpc) is 2.79. The molecule has 1 atom stereocenters. The van der Waals surface area contributed by atoms with Crippen molar-refractivity contribution in [1.82, 2.24) is 20.0 Å². The second-order valence-electron chi connectivity index (χ2n) is 6.47. The van der Waals surface area contributed by atoms with E-state index in [1.807, 2.05) is 55.7 Å². The number of rotatable bonds is 7. The molecule has 0 aliphatic rings. The van der Waals surface area contributed by atoms with Gasteiger partial charge in [-0.3, -0.25) is 9.48 Å². The zero-order chi connectivity index (χ0) is 18.6. The van der Waals surface area contributed by atoms with Crippen LogP contribution in [0, 0.1) is 13.8 Å². The van der Waals surface area contributed by atoms with Crippen LogP contribution in [0.1, 0.15) is 27.3 Å². The number of carbonyl (C=O) groups is 1. The molecule has 1 unspecified atom stereocenters. The smallest absolute Gasteiger partial charge is 0.251 e. The number of aliphatic hydroxyl groups is 1. The van der Waals surface area contributed by atoms with E-state index in [0.717, 1.165) is 17.0 Å². The van der Waals surface area contributed by atoms with E-state index in [2.05, 4.69) is 10.4 Å². The SMILES string of the molecule is Cc1nn(Cc2cccc(C(=O)NCC(O)CN(C)C)c2)c(C)c1Cl. The molecule has 1 heterocycles. The Morgan fingerprint density at radius 1 is 1.40 bits per heavy atom. The first-order chi connectivity index (χ1) is 11.8. The van der Waals surface area contributed by atoms with Crippen molar-refractivity contribution in [2.24, 2.45) is 0 Å². The van der Waals surface area contributed by atoms with Gasteiger partial charge in [0.15, 0.2) is 0 Å². The van der Waals surface area contributed by atoms with Gasteiger partial charge in [0.25, 0.3) is 5.91 Å². The number of amides is 1. The molecule has 2 aromatic rings. The molecular formula is C18H25ClN4O2.